The van der Waals surface area contributed by atoms with Crippen molar-refractivity contribution in [3.63, 3.8) is 0 Å². The number of aromatic nitrogens is 2. The van der Waals surface area contributed by atoms with Crippen molar-refractivity contribution in [3.8, 4) is 0 Å². The van der Waals surface area contributed by atoms with Crippen molar-refractivity contribution in [1.29, 1.82) is 0 Å². The van der Waals surface area contributed by atoms with Crippen LogP contribution < -0.4 is 0 Å². The number of nitrogens with zero attached hydrogens (tertiary/aromatic N) is 1. The van der Waals surface area contributed by atoms with Crippen LogP contribution in [0.25, 0.3) is 0 Å². The van der Waals surface area contributed by atoms with Crippen molar-refractivity contribution in [1.82, 2.24) is 9.97 Å². The highest BCUT2D eigenvalue weighted by atomic mass is 14.9. The van der Waals surface area contributed by atoms with Gasteiger partial charge in [-0.3, -0.25) is 0 Å². The third-order valence-corrected chi connectivity index (χ3v) is 3.26. The molecule has 1 atom stereocenters. The average Bonchev–Trinajstić information content (AvgIpc) is 2.74. The quantitative estimate of drug-likeness (QED) is 0.833. The number of imidazole rings is 1. The van der Waals surface area contributed by atoms with E-state index in [0.29, 0.717) is 5.92 Å². The van der Waals surface area contributed by atoms with Crippen LogP contribution in [0, 0.1) is 13.8 Å². The van der Waals surface area contributed by atoms with E-state index in [0.717, 1.165) is 6.42 Å². The molecule has 0 saturated heterocycles. The fraction of sp³-hybridized carbons (Fsp3) is 0.357. The molecule has 2 heteroatoms. The van der Waals surface area contributed by atoms with Crippen LogP contribution in [0.1, 0.15) is 35.2 Å². The molecule has 2 aromatic rings. The SMILES string of the molecule is Cc1cccc(C(C)Cc2cnc[nH]2)c1C. The minimum atomic E-state index is 0.528. The molecule has 0 aliphatic carbocycles. The predicted octanol–water partition coefficient (Wildman–Crippen LogP) is 3.37. The van der Waals surface area contributed by atoms with E-state index in [-0.39, 0.29) is 0 Å². The molecule has 0 amide bonds. The van der Waals surface area contributed by atoms with Crippen LogP contribution in [0.5, 0.6) is 0 Å². The topological polar surface area (TPSA) is 28.7 Å². The molecule has 2 nitrogen and oxygen atoms in total. The van der Waals surface area contributed by atoms with Crippen molar-refractivity contribution in [2.24, 2.45) is 0 Å². The Kier molecular flexibility index (Phi) is 3.09. The summed E-state index contributed by atoms with van der Waals surface area (Å²) in [5.74, 6) is 0.528. The highest BCUT2D eigenvalue weighted by molar-refractivity contribution is 5.35. The third kappa shape index (κ3) is 2.16. The summed E-state index contributed by atoms with van der Waals surface area (Å²) in [5, 5.41) is 0. The second-order valence-corrected chi connectivity index (χ2v) is 4.47. The standard InChI is InChI=1S/C14H18N2/c1-10-5-4-6-14(12(10)3)11(2)7-13-8-15-9-16-13/h4-6,8-9,11H,7H2,1-3H3,(H,15,16). The number of hydrogen-bond acceptors (Lipinski definition) is 1. The molecular formula is C14H18N2. The molecular weight excluding hydrogens is 196 g/mol. The lowest BCUT2D eigenvalue weighted by molar-refractivity contribution is 0.738. The number of rotatable bonds is 3. The lowest BCUT2D eigenvalue weighted by atomic mass is 9.91. The Hall–Kier alpha value is -1.57. The normalized spacial score (nSPS) is 12.7. The van der Waals surface area contributed by atoms with Crippen molar-refractivity contribution < 1.29 is 0 Å². The number of nitrogens with one attached hydrogen (secondary N) is 1. The summed E-state index contributed by atoms with van der Waals surface area (Å²) in [6, 6.07) is 6.53. The lowest BCUT2D eigenvalue weighted by Crippen LogP contribution is -2.02. The summed E-state index contributed by atoms with van der Waals surface area (Å²) < 4.78 is 0. The Morgan fingerprint density at radius 2 is 2.12 bits per heavy atom. The highest BCUT2D eigenvalue weighted by Crippen LogP contribution is 2.24. The fourth-order valence-electron chi connectivity index (χ4n) is 2.14. The zero-order chi connectivity index (χ0) is 11.5. The van der Waals surface area contributed by atoms with Gasteiger partial charge in [0, 0.05) is 11.9 Å². The van der Waals surface area contributed by atoms with Gasteiger partial charge in [-0.25, -0.2) is 4.98 Å². The lowest BCUT2D eigenvalue weighted by Gasteiger charge is -2.15. The Bertz CT molecular complexity index is 458. The predicted molar refractivity (Wildman–Crippen MR) is 66.6 cm³/mol. The van der Waals surface area contributed by atoms with Gasteiger partial charge >= 0.3 is 0 Å². The second kappa shape index (κ2) is 4.52. The molecule has 2 rings (SSSR count). The van der Waals surface area contributed by atoms with Crippen molar-refractivity contribution in [2.75, 3.05) is 0 Å². The van der Waals surface area contributed by atoms with Crippen molar-refractivity contribution >= 4 is 0 Å². The minimum Gasteiger partial charge on any atom is -0.348 e. The molecule has 1 unspecified atom stereocenters. The summed E-state index contributed by atoms with van der Waals surface area (Å²) in [6.07, 6.45) is 4.66. The van der Waals surface area contributed by atoms with Crippen molar-refractivity contribution in [3.05, 3.63) is 53.1 Å². The van der Waals surface area contributed by atoms with Gasteiger partial charge in [-0.1, -0.05) is 25.1 Å². The molecule has 1 N–H and O–H groups in total. The molecule has 84 valence electrons. The largest absolute Gasteiger partial charge is 0.348 e. The maximum absolute atomic E-state index is 4.05. The number of aryl methyl sites for hydroxylation is 1. The maximum atomic E-state index is 4.05. The molecule has 16 heavy (non-hydrogen) atoms. The van der Waals surface area contributed by atoms with Crippen LogP contribution >= 0.6 is 0 Å². The van der Waals surface area contributed by atoms with Gasteiger partial charge in [0.1, 0.15) is 0 Å². The first-order valence-electron chi connectivity index (χ1n) is 5.72. The Balaban J connectivity index is 2.21. The van der Waals surface area contributed by atoms with Gasteiger partial charge in [0.2, 0.25) is 0 Å². The number of H-pyrrole nitrogens is 1. The first-order valence-corrected chi connectivity index (χ1v) is 5.72. The molecule has 0 aliphatic rings. The van der Waals surface area contributed by atoms with Gasteiger partial charge in [0.05, 0.1) is 6.33 Å². The molecule has 1 aromatic carbocycles. The van der Waals surface area contributed by atoms with E-state index in [1.165, 1.54) is 22.4 Å². The second-order valence-electron chi connectivity index (χ2n) is 4.47. The van der Waals surface area contributed by atoms with E-state index in [1.54, 1.807) is 6.33 Å². The maximum Gasteiger partial charge on any atom is 0.0921 e. The van der Waals surface area contributed by atoms with Gasteiger partial charge < -0.3 is 4.98 Å². The van der Waals surface area contributed by atoms with E-state index >= 15 is 0 Å². The van der Waals surface area contributed by atoms with Crippen LogP contribution in [0.3, 0.4) is 0 Å². The number of hydrogen-bond donors (Lipinski definition) is 1. The molecule has 0 fully saturated rings. The summed E-state index contributed by atoms with van der Waals surface area (Å²) in [4.78, 5) is 7.21. The molecule has 0 aliphatic heterocycles. The summed E-state index contributed by atoms with van der Waals surface area (Å²) in [7, 11) is 0. The van der Waals surface area contributed by atoms with E-state index in [9.17, 15) is 0 Å². The molecule has 0 saturated carbocycles. The molecule has 0 bridgehead atoms. The van der Waals surface area contributed by atoms with Gasteiger partial charge in [0.15, 0.2) is 0 Å². The third-order valence-electron chi connectivity index (χ3n) is 3.26. The zero-order valence-electron chi connectivity index (χ0n) is 10.1. The van der Waals surface area contributed by atoms with Crippen LogP contribution in [-0.2, 0) is 6.42 Å². The molecule has 0 radical (unpaired) electrons. The summed E-state index contributed by atoms with van der Waals surface area (Å²) >= 11 is 0. The van der Waals surface area contributed by atoms with Gasteiger partial charge in [-0.15, -0.1) is 0 Å². The Labute approximate surface area is 96.7 Å². The van der Waals surface area contributed by atoms with Gasteiger partial charge in [-0.2, -0.15) is 0 Å². The Morgan fingerprint density at radius 3 is 2.81 bits per heavy atom. The Morgan fingerprint density at radius 1 is 1.31 bits per heavy atom. The van der Waals surface area contributed by atoms with Gasteiger partial charge in [0.25, 0.3) is 0 Å². The van der Waals surface area contributed by atoms with E-state index in [2.05, 4.69) is 48.9 Å². The summed E-state index contributed by atoms with van der Waals surface area (Å²) in [5.41, 5.74) is 5.42. The van der Waals surface area contributed by atoms with E-state index in [1.807, 2.05) is 6.20 Å². The number of benzene rings is 1. The van der Waals surface area contributed by atoms with Crippen molar-refractivity contribution in [2.45, 2.75) is 33.1 Å². The zero-order valence-corrected chi connectivity index (χ0v) is 10.1. The van der Waals surface area contributed by atoms with Crippen LogP contribution in [0.4, 0.5) is 0 Å². The number of aromatic amines is 1. The highest BCUT2D eigenvalue weighted by Gasteiger charge is 2.10. The fourth-order valence-corrected chi connectivity index (χ4v) is 2.14. The first kappa shape index (κ1) is 10.9. The summed E-state index contributed by atoms with van der Waals surface area (Å²) in [6.45, 7) is 6.64. The van der Waals surface area contributed by atoms with E-state index in [4.69, 9.17) is 0 Å². The molecule has 1 heterocycles. The van der Waals surface area contributed by atoms with E-state index < -0.39 is 0 Å². The monoisotopic (exact) mass is 214 g/mol. The molecule has 0 spiro atoms. The first-order chi connectivity index (χ1) is 7.68. The van der Waals surface area contributed by atoms with Crippen LogP contribution in [0.15, 0.2) is 30.7 Å². The van der Waals surface area contributed by atoms with Crippen LogP contribution in [-0.4, -0.2) is 9.97 Å². The molecule has 1 aromatic heterocycles. The van der Waals surface area contributed by atoms with Gasteiger partial charge in [-0.05, 0) is 42.9 Å². The van der Waals surface area contributed by atoms with Crippen LogP contribution in [0.2, 0.25) is 0 Å². The smallest absolute Gasteiger partial charge is 0.0921 e. The average molecular weight is 214 g/mol. The minimum absolute atomic E-state index is 0.528.